The van der Waals surface area contributed by atoms with E-state index in [-0.39, 0.29) is 12.3 Å². The summed E-state index contributed by atoms with van der Waals surface area (Å²) in [5, 5.41) is 11.2. The van der Waals surface area contributed by atoms with E-state index >= 15 is 0 Å². The van der Waals surface area contributed by atoms with Crippen LogP contribution in [0.3, 0.4) is 0 Å². The monoisotopic (exact) mass is 317 g/mol. The summed E-state index contributed by atoms with van der Waals surface area (Å²) in [6.07, 6.45) is -0.0265. The lowest BCUT2D eigenvalue weighted by Crippen LogP contribution is -2.08. The fourth-order valence-electron chi connectivity index (χ4n) is 1.11. The van der Waals surface area contributed by atoms with Crippen molar-refractivity contribution in [2.45, 2.75) is 13.0 Å². The maximum atomic E-state index is 11.1. The number of halogens is 1. The number of non-ortho nitro benzene ring substituents is 1. The number of carbonyl (C=O) groups excluding carboxylic acids is 1. The van der Waals surface area contributed by atoms with E-state index in [9.17, 15) is 14.9 Å². The van der Waals surface area contributed by atoms with Crippen LogP contribution >= 0.6 is 15.9 Å². The molecule has 1 aromatic carbocycles. The molecule has 0 bridgehead atoms. The Kier molecular flexibility index (Phi) is 6.13. The van der Waals surface area contributed by atoms with Gasteiger partial charge in [-0.2, -0.15) is 0 Å². The zero-order chi connectivity index (χ0) is 13.4. The minimum Gasteiger partial charge on any atom is -0.434 e. The fourth-order valence-corrected chi connectivity index (χ4v) is 1.34. The lowest BCUT2D eigenvalue weighted by molar-refractivity contribution is -0.384. The predicted molar refractivity (Wildman–Crippen MR) is 67.6 cm³/mol. The normalized spacial score (nSPS) is 9.83. The Labute approximate surface area is 112 Å². The maximum absolute atomic E-state index is 11.1. The summed E-state index contributed by atoms with van der Waals surface area (Å²) in [7, 11) is 0. The number of nitro benzene ring substituents is 1. The summed E-state index contributed by atoms with van der Waals surface area (Å²) in [6.45, 7) is 0.329. The maximum Gasteiger partial charge on any atom is 0.508 e. The minimum absolute atomic E-state index is 0.00125. The van der Waals surface area contributed by atoms with E-state index in [4.69, 9.17) is 9.47 Å². The first kappa shape index (κ1) is 14.4. The Morgan fingerprint density at radius 2 is 1.94 bits per heavy atom. The third-order valence-corrected chi connectivity index (χ3v) is 2.56. The molecule has 0 saturated carbocycles. The van der Waals surface area contributed by atoms with Crippen LogP contribution in [0.25, 0.3) is 0 Å². The Morgan fingerprint density at radius 3 is 2.50 bits per heavy atom. The van der Waals surface area contributed by atoms with Crippen LogP contribution in [0.5, 0.6) is 0 Å². The Bertz CT molecular complexity index is 406. The summed E-state index contributed by atoms with van der Waals surface area (Å²) in [5.41, 5.74) is 0.664. The van der Waals surface area contributed by atoms with Gasteiger partial charge in [0.25, 0.3) is 5.69 Å². The molecule has 6 nitrogen and oxygen atoms in total. The molecule has 0 aromatic heterocycles. The van der Waals surface area contributed by atoms with Gasteiger partial charge in [0, 0.05) is 17.5 Å². The van der Waals surface area contributed by atoms with Gasteiger partial charge in [-0.05, 0) is 24.1 Å². The Balaban J connectivity index is 2.34. The van der Waals surface area contributed by atoms with Crippen LogP contribution in [0.4, 0.5) is 10.5 Å². The topological polar surface area (TPSA) is 78.7 Å². The zero-order valence-corrected chi connectivity index (χ0v) is 11.1. The van der Waals surface area contributed by atoms with Crippen molar-refractivity contribution in [3.8, 4) is 0 Å². The molecule has 0 aliphatic heterocycles. The molecule has 1 rings (SSSR count). The number of benzene rings is 1. The van der Waals surface area contributed by atoms with Gasteiger partial charge >= 0.3 is 6.16 Å². The highest BCUT2D eigenvalue weighted by Crippen LogP contribution is 2.12. The standard InChI is InChI=1S/C11H12BrNO5/c12-6-1-7-17-11(14)18-8-9-2-4-10(5-3-9)13(15)16/h2-5H,1,6-8H2. The summed E-state index contributed by atoms with van der Waals surface area (Å²) in [4.78, 5) is 21.0. The second-order valence-electron chi connectivity index (χ2n) is 3.35. The van der Waals surface area contributed by atoms with Crippen molar-refractivity contribution in [1.82, 2.24) is 0 Å². The molecule has 0 fully saturated rings. The van der Waals surface area contributed by atoms with Crippen molar-refractivity contribution in [2.75, 3.05) is 11.9 Å². The number of ether oxygens (including phenoxy) is 2. The van der Waals surface area contributed by atoms with E-state index in [0.29, 0.717) is 18.6 Å². The van der Waals surface area contributed by atoms with Crippen LogP contribution in [-0.4, -0.2) is 23.0 Å². The second kappa shape index (κ2) is 7.65. The van der Waals surface area contributed by atoms with E-state index in [1.165, 1.54) is 24.3 Å². The van der Waals surface area contributed by atoms with Gasteiger partial charge in [-0.15, -0.1) is 0 Å². The average molecular weight is 318 g/mol. The largest absolute Gasteiger partial charge is 0.508 e. The number of carbonyl (C=O) groups is 1. The van der Waals surface area contributed by atoms with Crippen molar-refractivity contribution in [3.05, 3.63) is 39.9 Å². The molecule has 0 aliphatic rings. The van der Waals surface area contributed by atoms with Crippen LogP contribution < -0.4 is 0 Å². The van der Waals surface area contributed by atoms with Crippen molar-refractivity contribution in [2.24, 2.45) is 0 Å². The molecule has 98 valence electrons. The Morgan fingerprint density at radius 1 is 1.28 bits per heavy atom. The van der Waals surface area contributed by atoms with Crippen LogP contribution in [-0.2, 0) is 16.1 Å². The van der Waals surface area contributed by atoms with E-state index in [1.54, 1.807) is 0 Å². The molecule has 0 spiro atoms. The summed E-state index contributed by atoms with van der Waals surface area (Å²) >= 11 is 3.21. The number of nitrogens with zero attached hydrogens (tertiary/aromatic N) is 1. The second-order valence-corrected chi connectivity index (χ2v) is 4.15. The van der Waals surface area contributed by atoms with E-state index < -0.39 is 11.1 Å². The van der Waals surface area contributed by atoms with Gasteiger partial charge in [0.1, 0.15) is 6.61 Å². The highest BCUT2D eigenvalue weighted by atomic mass is 79.9. The molecule has 7 heteroatoms. The first-order valence-electron chi connectivity index (χ1n) is 5.22. The number of alkyl halides is 1. The lowest BCUT2D eigenvalue weighted by atomic mass is 10.2. The number of hydrogen-bond acceptors (Lipinski definition) is 5. The molecule has 0 unspecified atom stereocenters. The van der Waals surface area contributed by atoms with Crippen molar-refractivity contribution >= 4 is 27.8 Å². The van der Waals surface area contributed by atoms with E-state index in [2.05, 4.69) is 15.9 Å². The van der Waals surface area contributed by atoms with E-state index in [0.717, 1.165) is 5.33 Å². The van der Waals surface area contributed by atoms with Crippen molar-refractivity contribution in [1.29, 1.82) is 0 Å². The quantitative estimate of drug-likeness (QED) is 0.265. The summed E-state index contributed by atoms with van der Waals surface area (Å²) in [6, 6.07) is 5.78. The minimum atomic E-state index is -0.741. The van der Waals surface area contributed by atoms with Gasteiger partial charge in [0.2, 0.25) is 0 Å². The molecular formula is C11H12BrNO5. The number of nitro groups is 1. The van der Waals surface area contributed by atoms with Crippen LogP contribution in [0, 0.1) is 10.1 Å². The highest BCUT2D eigenvalue weighted by Gasteiger charge is 2.06. The molecule has 18 heavy (non-hydrogen) atoms. The smallest absolute Gasteiger partial charge is 0.434 e. The molecule has 0 amide bonds. The molecule has 0 radical (unpaired) electrons. The molecule has 1 aromatic rings. The SMILES string of the molecule is O=C(OCCCBr)OCc1ccc([N+](=O)[O-])cc1. The van der Waals surface area contributed by atoms with E-state index in [1.807, 2.05) is 0 Å². The average Bonchev–Trinajstić information content (AvgIpc) is 2.37. The molecule has 0 N–H and O–H groups in total. The Hall–Kier alpha value is -1.63. The van der Waals surface area contributed by atoms with Gasteiger partial charge in [-0.25, -0.2) is 4.79 Å². The molecule has 0 aliphatic carbocycles. The van der Waals surface area contributed by atoms with Crippen molar-refractivity contribution < 1.29 is 19.2 Å². The number of hydrogen-bond donors (Lipinski definition) is 0. The van der Waals surface area contributed by atoms with Gasteiger partial charge in [0.05, 0.1) is 11.5 Å². The van der Waals surface area contributed by atoms with Gasteiger partial charge < -0.3 is 9.47 Å². The number of rotatable bonds is 6. The molecule has 0 atom stereocenters. The van der Waals surface area contributed by atoms with Crippen LogP contribution in [0.15, 0.2) is 24.3 Å². The highest BCUT2D eigenvalue weighted by molar-refractivity contribution is 9.09. The van der Waals surface area contributed by atoms with Crippen LogP contribution in [0.1, 0.15) is 12.0 Å². The molecular weight excluding hydrogens is 306 g/mol. The summed E-state index contributed by atoms with van der Waals surface area (Å²) < 4.78 is 9.60. The summed E-state index contributed by atoms with van der Waals surface area (Å²) in [5.74, 6) is 0. The zero-order valence-electron chi connectivity index (χ0n) is 9.50. The van der Waals surface area contributed by atoms with Gasteiger partial charge in [-0.1, -0.05) is 15.9 Å². The van der Waals surface area contributed by atoms with Gasteiger partial charge in [0.15, 0.2) is 0 Å². The van der Waals surface area contributed by atoms with Crippen LogP contribution in [0.2, 0.25) is 0 Å². The van der Waals surface area contributed by atoms with Crippen molar-refractivity contribution in [3.63, 3.8) is 0 Å². The fraction of sp³-hybridized carbons (Fsp3) is 0.364. The first-order chi connectivity index (χ1) is 8.63. The lowest BCUT2D eigenvalue weighted by Gasteiger charge is -2.05. The molecule has 0 heterocycles. The van der Waals surface area contributed by atoms with Gasteiger partial charge in [-0.3, -0.25) is 10.1 Å². The predicted octanol–water partition coefficient (Wildman–Crippen LogP) is 3.03. The third kappa shape index (κ3) is 5.13. The molecule has 0 saturated heterocycles. The third-order valence-electron chi connectivity index (χ3n) is 2.00. The first-order valence-corrected chi connectivity index (χ1v) is 6.34.